The van der Waals surface area contributed by atoms with Crippen molar-refractivity contribution in [3.05, 3.63) is 46.9 Å². The van der Waals surface area contributed by atoms with Crippen molar-refractivity contribution < 1.29 is 46.8 Å². The number of aliphatic carboxylic acids is 1. The van der Waals surface area contributed by atoms with Gasteiger partial charge in [0.25, 0.3) is 10.0 Å². The zero-order chi connectivity index (χ0) is 25.5. The molecule has 184 valence electrons. The third-order valence-electron chi connectivity index (χ3n) is 4.45. The number of ether oxygens (including phenoxy) is 5. The van der Waals surface area contributed by atoms with Gasteiger partial charge in [0.1, 0.15) is 23.0 Å². The second kappa shape index (κ2) is 11.3. The highest BCUT2D eigenvalue weighted by Crippen LogP contribution is 2.35. The van der Waals surface area contributed by atoms with Gasteiger partial charge < -0.3 is 28.8 Å². The summed E-state index contributed by atoms with van der Waals surface area (Å²) in [5.41, 5.74) is 0.327. The molecule has 2 rings (SSSR count). The topological polar surface area (TPSA) is 147 Å². The second-order valence-electron chi connectivity index (χ2n) is 6.68. The summed E-state index contributed by atoms with van der Waals surface area (Å²) in [6, 6.07) is 7.07. The molecule has 2 N–H and O–H groups in total. The van der Waals surface area contributed by atoms with E-state index in [4.69, 9.17) is 23.7 Å². The smallest absolute Gasteiger partial charge is 0.349 e. The Hall–Kier alpha value is -3.93. The van der Waals surface area contributed by atoms with Crippen LogP contribution in [-0.2, 0) is 24.3 Å². The highest BCUT2D eigenvalue weighted by Gasteiger charge is 2.27. The van der Waals surface area contributed by atoms with Crippen molar-refractivity contribution in [3.8, 4) is 23.0 Å². The summed E-state index contributed by atoms with van der Waals surface area (Å²) < 4.78 is 53.5. The Morgan fingerprint density at radius 2 is 1.53 bits per heavy atom. The lowest BCUT2D eigenvalue weighted by atomic mass is 10.1. The Kier molecular flexibility index (Phi) is 8.73. The van der Waals surface area contributed by atoms with Crippen LogP contribution in [0.25, 0.3) is 6.08 Å². The number of carbonyl (C=O) groups excluding carboxylic acids is 1. The molecule has 2 aromatic carbocycles. The van der Waals surface area contributed by atoms with Gasteiger partial charge in [-0.2, -0.15) is 0 Å². The summed E-state index contributed by atoms with van der Waals surface area (Å²) >= 11 is 0. The number of anilines is 1. The molecule has 0 aliphatic carbocycles. The van der Waals surface area contributed by atoms with E-state index in [2.05, 4.69) is 4.72 Å². The van der Waals surface area contributed by atoms with E-state index in [1.54, 1.807) is 12.1 Å². The predicted molar refractivity (Wildman–Crippen MR) is 123 cm³/mol. The molecule has 0 fully saturated rings. The number of esters is 1. The molecular weight excluding hydrogens is 470 g/mol. The van der Waals surface area contributed by atoms with Crippen LogP contribution in [-0.4, -0.2) is 53.9 Å². The molecule has 0 amide bonds. The number of sulfonamides is 1. The maximum atomic E-state index is 12.7. The van der Waals surface area contributed by atoms with E-state index in [-0.39, 0.29) is 17.0 Å². The van der Waals surface area contributed by atoms with E-state index < -0.39 is 28.1 Å². The van der Waals surface area contributed by atoms with Gasteiger partial charge >= 0.3 is 11.9 Å². The molecule has 0 saturated carbocycles. The van der Waals surface area contributed by atoms with E-state index in [1.165, 1.54) is 52.7 Å². The molecule has 0 bridgehead atoms. The fraction of sp³-hybridized carbons (Fsp3) is 0.273. The van der Waals surface area contributed by atoms with Gasteiger partial charge in [0.2, 0.25) is 6.10 Å². The number of carbonyl (C=O) groups is 2. The lowest BCUT2D eigenvalue weighted by Crippen LogP contribution is -2.19. The van der Waals surface area contributed by atoms with Crippen LogP contribution >= 0.6 is 0 Å². The number of benzene rings is 2. The zero-order valence-electron chi connectivity index (χ0n) is 19.1. The Bertz CT molecular complexity index is 1170. The van der Waals surface area contributed by atoms with Crippen LogP contribution in [0.15, 0.2) is 35.7 Å². The Labute approximate surface area is 196 Å². The molecule has 11 nitrogen and oxygen atoms in total. The molecule has 1 atom stereocenters. The molecular formula is C22H25NO10S. The summed E-state index contributed by atoms with van der Waals surface area (Å²) in [6.07, 6.45) is -0.414. The van der Waals surface area contributed by atoms with Crippen molar-refractivity contribution in [1.29, 1.82) is 0 Å². The van der Waals surface area contributed by atoms with Crippen LogP contribution in [0.1, 0.15) is 24.2 Å². The Balaban J connectivity index is 2.42. The molecule has 0 spiro atoms. The number of methoxy groups -OCH3 is 4. The molecule has 0 saturated heterocycles. The van der Waals surface area contributed by atoms with E-state index in [1.807, 2.05) is 0 Å². The number of nitrogens with one attached hydrogen (secondary N) is 1. The first-order chi connectivity index (χ1) is 16.0. The van der Waals surface area contributed by atoms with E-state index in [0.717, 1.165) is 12.3 Å². The van der Waals surface area contributed by atoms with Gasteiger partial charge in [-0.25, -0.2) is 13.2 Å². The van der Waals surface area contributed by atoms with Crippen molar-refractivity contribution in [2.24, 2.45) is 0 Å². The van der Waals surface area contributed by atoms with Crippen molar-refractivity contribution in [3.63, 3.8) is 0 Å². The molecule has 0 heterocycles. The van der Waals surface area contributed by atoms with Gasteiger partial charge in [-0.15, -0.1) is 0 Å². The fourth-order valence-electron chi connectivity index (χ4n) is 2.97. The average molecular weight is 496 g/mol. The molecule has 0 radical (unpaired) electrons. The first kappa shape index (κ1) is 26.3. The molecule has 12 heteroatoms. The molecule has 0 aliphatic heterocycles. The minimum absolute atomic E-state index is 0.0208. The summed E-state index contributed by atoms with van der Waals surface area (Å²) in [7, 11) is 1.53. The van der Waals surface area contributed by atoms with Crippen LogP contribution in [0.2, 0.25) is 0 Å². The first-order valence-electron chi connectivity index (χ1n) is 9.64. The number of hydrogen-bond acceptors (Lipinski definition) is 9. The normalized spacial score (nSPS) is 12.0. The number of rotatable bonds is 11. The molecule has 34 heavy (non-hydrogen) atoms. The van der Waals surface area contributed by atoms with Crippen LogP contribution in [0.4, 0.5) is 5.69 Å². The van der Waals surface area contributed by atoms with Gasteiger partial charge in [0.05, 0.1) is 39.4 Å². The minimum atomic E-state index is -4.07. The number of carboxylic acids is 1. The van der Waals surface area contributed by atoms with Gasteiger partial charge in [-0.05, 0) is 24.3 Å². The summed E-state index contributed by atoms with van der Waals surface area (Å²) in [6.45, 7) is 1.06. The third-order valence-corrected chi connectivity index (χ3v) is 5.46. The lowest BCUT2D eigenvalue weighted by Gasteiger charge is -2.17. The van der Waals surface area contributed by atoms with Gasteiger partial charge in [0, 0.05) is 30.3 Å². The standard InChI is InChI=1S/C22H25NO10S/c1-13(24)33-21(22(25)26)17-10-14(6-7-18(17)30-3)23-34(27,28)9-8-16-19(31-4)11-15(29-2)12-20(16)32-5/h6-12,21,23H,1-5H3,(H,25,26)/b9-8+. The van der Waals surface area contributed by atoms with Crippen LogP contribution in [0, 0.1) is 0 Å². The summed E-state index contributed by atoms with van der Waals surface area (Å²) in [5.74, 6) is -1.09. The lowest BCUT2D eigenvalue weighted by molar-refractivity contribution is -0.163. The maximum absolute atomic E-state index is 12.7. The van der Waals surface area contributed by atoms with E-state index >= 15 is 0 Å². The SMILES string of the molecule is COc1cc(OC)c(/C=C/S(=O)(=O)Nc2ccc(OC)c(C(OC(C)=O)C(=O)O)c2)c(OC)c1. The van der Waals surface area contributed by atoms with Crippen molar-refractivity contribution >= 4 is 33.7 Å². The molecule has 0 aromatic heterocycles. The molecule has 0 aliphatic rings. The highest BCUT2D eigenvalue weighted by molar-refractivity contribution is 7.95. The van der Waals surface area contributed by atoms with Crippen LogP contribution in [0.3, 0.4) is 0 Å². The monoisotopic (exact) mass is 495 g/mol. The Morgan fingerprint density at radius 3 is 2.00 bits per heavy atom. The number of hydrogen-bond donors (Lipinski definition) is 2. The maximum Gasteiger partial charge on any atom is 0.349 e. The summed E-state index contributed by atoms with van der Waals surface area (Å²) in [5, 5.41) is 10.3. The minimum Gasteiger partial charge on any atom is -0.496 e. The van der Waals surface area contributed by atoms with Crippen molar-refractivity contribution in [2.45, 2.75) is 13.0 Å². The fourth-order valence-corrected chi connectivity index (χ4v) is 3.81. The van der Waals surface area contributed by atoms with Gasteiger partial charge in [-0.1, -0.05) is 0 Å². The quantitative estimate of drug-likeness (QED) is 0.446. The highest BCUT2D eigenvalue weighted by atomic mass is 32.2. The second-order valence-corrected chi connectivity index (χ2v) is 8.25. The van der Waals surface area contributed by atoms with E-state index in [0.29, 0.717) is 22.8 Å². The third kappa shape index (κ3) is 6.54. The molecule has 2 aromatic rings. The average Bonchev–Trinajstić information content (AvgIpc) is 2.79. The largest absolute Gasteiger partial charge is 0.496 e. The van der Waals surface area contributed by atoms with Crippen molar-refractivity contribution in [1.82, 2.24) is 0 Å². The first-order valence-corrected chi connectivity index (χ1v) is 11.2. The number of carboxylic acid groups (broad SMARTS) is 1. The van der Waals surface area contributed by atoms with Gasteiger partial charge in [-0.3, -0.25) is 9.52 Å². The van der Waals surface area contributed by atoms with E-state index in [9.17, 15) is 23.1 Å². The van der Waals surface area contributed by atoms with Crippen molar-refractivity contribution in [2.75, 3.05) is 33.2 Å². The van der Waals surface area contributed by atoms with Crippen LogP contribution < -0.4 is 23.7 Å². The van der Waals surface area contributed by atoms with Gasteiger partial charge in [0.15, 0.2) is 0 Å². The summed E-state index contributed by atoms with van der Waals surface area (Å²) in [4.78, 5) is 22.9. The predicted octanol–water partition coefficient (Wildman–Crippen LogP) is 2.82. The van der Waals surface area contributed by atoms with Crippen LogP contribution in [0.5, 0.6) is 23.0 Å². The molecule has 1 unspecified atom stereocenters. The Morgan fingerprint density at radius 1 is 0.941 bits per heavy atom. The zero-order valence-corrected chi connectivity index (χ0v) is 20.0.